The van der Waals surface area contributed by atoms with Crippen molar-refractivity contribution in [2.75, 3.05) is 26.4 Å². The molecule has 5 heteroatoms. The van der Waals surface area contributed by atoms with Crippen molar-refractivity contribution in [1.29, 1.82) is 0 Å². The van der Waals surface area contributed by atoms with Crippen LogP contribution >= 0.6 is 0 Å². The van der Waals surface area contributed by atoms with E-state index in [-0.39, 0.29) is 16.7 Å². The maximum atomic E-state index is 12.5. The smallest absolute Gasteiger partial charge is 0.237 e. The van der Waals surface area contributed by atoms with Crippen molar-refractivity contribution in [2.45, 2.75) is 52.0 Å². The lowest BCUT2D eigenvalue weighted by atomic mass is 9.74. The summed E-state index contributed by atoms with van der Waals surface area (Å²) in [7, 11) is 0. The summed E-state index contributed by atoms with van der Waals surface area (Å²) in [5.74, 6) is 0.775. The Morgan fingerprint density at radius 1 is 1.28 bits per heavy atom. The number of carbonyl (C=O) groups excluding carboxylic acids is 1. The Labute approximate surface area is 151 Å². The largest absolute Gasteiger partial charge is 0.494 e. The van der Waals surface area contributed by atoms with Crippen molar-refractivity contribution >= 4 is 5.91 Å². The molecule has 1 aliphatic heterocycles. The predicted octanol–water partition coefficient (Wildman–Crippen LogP) is 2.62. The third-order valence-corrected chi connectivity index (χ3v) is 5.04. The molecule has 0 aliphatic carbocycles. The van der Waals surface area contributed by atoms with Gasteiger partial charge in [0.05, 0.1) is 12.6 Å². The summed E-state index contributed by atoms with van der Waals surface area (Å²) in [6.45, 7) is 10.5. The van der Waals surface area contributed by atoms with Crippen LogP contribution < -0.4 is 15.8 Å². The molecule has 5 nitrogen and oxygen atoms in total. The van der Waals surface area contributed by atoms with Crippen LogP contribution in [0.15, 0.2) is 24.3 Å². The Bertz CT molecular complexity index is 557. The van der Waals surface area contributed by atoms with Crippen molar-refractivity contribution in [3.8, 4) is 5.75 Å². The van der Waals surface area contributed by atoms with Crippen LogP contribution in [0.5, 0.6) is 5.75 Å². The number of amides is 1. The van der Waals surface area contributed by atoms with Crippen LogP contribution in [-0.2, 0) is 14.9 Å². The molecular weight excluding hydrogens is 316 g/mol. The summed E-state index contributed by atoms with van der Waals surface area (Å²) in [6.07, 6.45) is 1.76. The van der Waals surface area contributed by atoms with Crippen LogP contribution in [0.4, 0.5) is 0 Å². The van der Waals surface area contributed by atoms with Crippen LogP contribution in [0.25, 0.3) is 0 Å². The minimum absolute atomic E-state index is 0.0932. The Morgan fingerprint density at radius 2 is 1.88 bits per heavy atom. The molecular formula is C20H32N2O3. The number of rotatable bonds is 6. The van der Waals surface area contributed by atoms with Gasteiger partial charge in [-0.15, -0.1) is 0 Å². The molecule has 1 aromatic carbocycles. The molecule has 1 saturated heterocycles. The number of ether oxygens (including phenoxy) is 2. The molecule has 1 amide bonds. The summed E-state index contributed by atoms with van der Waals surface area (Å²) >= 11 is 0. The van der Waals surface area contributed by atoms with E-state index in [9.17, 15) is 4.79 Å². The highest BCUT2D eigenvalue weighted by atomic mass is 16.5. The van der Waals surface area contributed by atoms with Crippen molar-refractivity contribution in [1.82, 2.24) is 5.32 Å². The van der Waals surface area contributed by atoms with Gasteiger partial charge in [-0.1, -0.05) is 32.9 Å². The highest BCUT2D eigenvalue weighted by molar-refractivity contribution is 5.82. The second kappa shape index (κ2) is 8.19. The molecule has 2 rings (SSSR count). The third kappa shape index (κ3) is 4.95. The lowest BCUT2D eigenvalue weighted by molar-refractivity contribution is -0.125. The fourth-order valence-electron chi connectivity index (χ4n) is 3.16. The lowest BCUT2D eigenvalue weighted by Crippen LogP contribution is -2.52. The summed E-state index contributed by atoms with van der Waals surface area (Å²) < 4.78 is 11.1. The molecule has 25 heavy (non-hydrogen) atoms. The highest BCUT2D eigenvalue weighted by Gasteiger charge is 2.36. The summed E-state index contributed by atoms with van der Waals surface area (Å²) in [4.78, 5) is 12.5. The average molecular weight is 348 g/mol. The van der Waals surface area contributed by atoms with Gasteiger partial charge >= 0.3 is 0 Å². The Kier molecular flexibility index (Phi) is 6.47. The van der Waals surface area contributed by atoms with Gasteiger partial charge in [0.1, 0.15) is 5.75 Å². The molecule has 1 aromatic rings. The predicted molar refractivity (Wildman–Crippen MR) is 99.8 cm³/mol. The Balaban J connectivity index is 2.13. The SMILES string of the molecule is CCOc1ccc(C2(CNC(=O)[C@@H](N)C(C)(C)C)CCOCC2)cc1. The van der Waals surface area contributed by atoms with Crippen LogP contribution in [-0.4, -0.2) is 38.3 Å². The van der Waals surface area contributed by atoms with E-state index in [1.165, 1.54) is 5.56 Å². The summed E-state index contributed by atoms with van der Waals surface area (Å²) in [5.41, 5.74) is 6.93. The molecule has 0 saturated carbocycles. The molecule has 0 radical (unpaired) electrons. The number of benzene rings is 1. The Morgan fingerprint density at radius 3 is 2.40 bits per heavy atom. The fourth-order valence-corrected chi connectivity index (χ4v) is 3.16. The van der Waals surface area contributed by atoms with E-state index >= 15 is 0 Å². The number of carbonyl (C=O) groups is 1. The molecule has 0 spiro atoms. The van der Waals surface area contributed by atoms with Crippen molar-refractivity contribution in [2.24, 2.45) is 11.1 Å². The van der Waals surface area contributed by atoms with E-state index in [0.717, 1.165) is 18.6 Å². The topological polar surface area (TPSA) is 73.6 Å². The summed E-state index contributed by atoms with van der Waals surface area (Å²) in [6, 6.07) is 7.68. The van der Waals surface area contributed by atoms with Crippen LogP contribution in [0.1, 0.15) is 46.1 Å². The second-order valence-corrected chi connectivity index (χ2v) is 7.91. The number of nitrogens with two attached hydrogens (primary N) is 1. The van der Waals surface area contributed by atoms with Gasteiger partial charge in [-0.25, -0.2) is 0 Å². The van der Waals surface area contributed by atoms with E-state index in [1.54, 1.807) is 0 Å². The first-order valence-corrected chi connectivity index (χ1v) is 9.13. The number of nitrogens with one attached hydrogen (secondary N) is 1. The molecule has 1 aliphatic rings. The van der Waals surface area contributed by atoms with E-state index in [1.807, 2.05) is 39.8 Å². The zero-order valence-electron chi connectivity index (χ0n) is 15.9. The third-order valence-electron chi connectivity index (χ3n) is 5.04. The first-order chi connectivity index (χ1) is 11.8. The molecule has 0 bridgehead atoms. The summed E-state index contributed by atoms with van der Waals surface area (Å²) in [5, 5.41) is 3.09. The van der Waals surface area contributed by atoms with Gasteiger partial charge in [-0.05, 0) is 42.9 Å². The zero-order chi connectivity index (χ0) is 18.5. The second-order valence-electron chi connectivity index (χ2n) is 7.91. The Hall–Kier alpha value is -1.59. The molecule has 1 fully saturated rings. The monoisotopic (exact) mass is 348 g/mol. The lowest BCUT2D eigenvalue weighted by Gasteiger charge is -2.38. The quantitative estimate of drug-likeness (QED) is 0.829. The van der Waals surface area contributed by atoms with Gasteiger partial charge < -0.3 is 20.5 Å². The molecule has 1 heterocycles. The van der Waals surface area contributed by atoms with Crippen molar-refractivity contribution < 1.29 is 14.3 Å². The minimum atomic E-state index is -0.523. The standard InChI is InChI=1S/C20H32N2O3/c1-5-25-16-8-6-15(7-9-16)20(10-12-24-13-11-20)14-22-18(23)17(21)19(2,3)4/h6-9,17H,5,10-14,21H2,1-4H3,(H,22,23)/t17-/m1/s1. The van der Waals surface area contributed by atoms with E-state index < -0.39 is 6.04 Å². The van der Waals surface area contributed by atoms with Gasteiger partial charge in [-0.2, -0.15) is 0 Å². The molecule has 0 unspecified atom stereocenters. The number of hydrogen-bond donors (Lipinski definition) is 2. The number of hydrogen-bond acceptors (Lipinski definition) is 4. The van der Waals surface area contributed by atoms with Crippen LogP contribution in [0, 0.1) is 5.41 Å². The fraction of sp³-hybridized carbons (Fsp3) is 0.650. The van der Waals surface area contributed by atoms with Gasteiger partial charge in [0, 0.05) is 25.2 Å². The van der Waals surface area contributed by atoms with Gasteiger partial charge in [0.2, 0.25) is 5.91 Å². The first kappa shape index (κ1) is 19.7. The van der Waals surface area contributed by atoms with Gasteiger partial charge in [0.25, 0.3) is 0 Å². The molecule has 3 N–H and O–H groups in total. The van der Waals surface area contributed by atoms with E-state index in [4.69, 9.17) is 15.2 Å². The highest BCUT2D eigenvalue weighted by Crippen LogP contribution is 2.35. The maximum absolute atomic E-state index is 12.5. The van der Waals surface area contributed by atoms with Crippen molar-refractivity contribution in [3.63, 3.8) is 0 Å². The van der Waals surface area contributed by atoms with Gasteiger partial charge in [-0.3, -0.25) is 4.79 Å². The molecule has 0 aromatic heterocycles. The van der Waals surface area contributed by atoms with Crippen molar-refractivity contribution in [3.05, 3.63) is 29.8 Å². The van der Waals surface area contributed by atoms with Gasteiger partial charge in [0.15, 0.2) is 0 Å². The van der Waals surface area contributed by atoms with E-state index in [0.29, 0.717) is 26.4 Å². The normalized spacial score (nSPS) is 18.4. The molecule has 140 valence electrons. The van der Waals surface area contributed by atoms with Crippen LogP contribution in [0.2, 0.25) is 0 Å². The maximum Gasteiger partial charge on any atom is 0.237 e. The van der Waals surface area contributed by atoms with E-state index in [2.05, 4.69) is 17.4 Å². The van der Waals surface area contributed by atoms with Crippen LogP contribution in [0.3, 0.4) is 0 Å². The first-order valence-electron chi connectivity index (χ1n) is 9.13. The molecule has 1 atom stereocenters. The minimum Gasteiger partial charge on any atom is -0.494 e. The zero-order valence-corrected chi connectivity index (χ0v) is 15.9. The average Bonchev–Trinajstić information content (AvgIpc) is 2.60.